The zero-order chi connectivity index (χ0) is 23.2. The summed E-state index contributed by atoms with van der Waals surface area (Å²) >= 11 is -1.35. The first-order chi connectivity index (χ1) is 16.0. The lowest BCUT2D eigenvalue weighted by Crippen LogP contribution is -2.52. The molecule has 0 aromatic heterocycles. The zero-order valence-electron chi connectivity index (χ0n) is 18.5. The van der Waals surface area contributed by atoms with E-state index in [0.717, 1.165) is 18.4 Å². The van der Waals surface area contributed by atoms with Gasteiger partial charge >= 0.3 is 6.09 Å². The molecule has 2 aliphatic rings. The monoisotopic (exact) mass is 470 g/mol. The van der Waals surface area contributed by atoms with Gasteiger partial charge in [0.1, 0.15) is 24.5 Å². The Labute approximate surface area is 197 Å². The van der Waals surface area contributed by atoms with Crippen LogP contribution in [0.5, 0.6) is 0 Å². The van der Waals surface area contributed by atoms with Crippen molar-refractivity contribution in [2.24, 2.45) is 0 Å². The number of carbonyl (C=O) groups excluding carboxylic acids is 2. The highest BCUT2D eigenvalue weighted by atomic mass is 32.2. The van der Waals surface area contributed by atoms with E-state index < -0.39 is 35.5 Å². The Morgan fingerprint density at radius 2 is 1.64 bits per heavy atom. The van der Waals surface area contributed by atoms with E-state index >= 15 is 0 Å². The van der Waals surface area contributed by atoms with Gasteiger partial charge in [-0.2, -0.15) is 0 Å². The minimum absolute atomic E-state index is 0.0754. The summed E-state index contributed by atoms with van der Waals surface area (Å²) in [5.74, 6) is -0.0809. The van der Waals surface area contributed by atoms with Gasteiger partial charge in [0, 0.05) is 13.1 Å². The maximum atomic E-state index is 13.4. The van der Waals surface area contributed by atoms with Crippen molar-refractivity contribution >= 4 is 23.2 Å². The number of rotatable bonds is 7. The molecule has 0 radical (unpaired) electrons. The fraction of sp³-hybridized carbons (Fsp3) is 0.440. The van der Waals surface area contributed by atoms with E-state index in [4.69, 9.17) is 4.74 Å². The van der Waals surface area contributed by atoms with Crippen molar-refractivity contribution in [1.29, 1.82) is 0 Å². The summed E-state index contributed by atoms with van der Waals surface area (Å²) in [4.78, 5) is 30.0. The number of carbonyl (C=O) groups is 2. The summed E-state index contributed by atoms with van der Waals surface area (Å²) in [5.41, 5.74) is 0.891. The van der Waals surface area contributed by atoms with Crippen molar-refractivity contribution in [1.82, 2.24) is 9.80 Å². The van der Waals surface area contributed by atoms with Gasteiger partial charge < -0.3 is 19.3 Å². The average molecular weight is 471 g/mol. The number of amides is 2. The molecule has 4 rings (SSSR count). The van der Waals surface area contributed by atoms with Crippen LogP contribution < -0.4 is 0 Å². The molecule has 0 aliphatic carbocycles. The van der Waals surface area contributed by atoms with Gasteiger partial charge in [0.05, 0.1) is 6.04 Å². The molecular formula is C25H30N2O5S. The molecule has 0 spiro atoms. The van der Waals surface area contributed by atoms with Crippen LogP contribution in [0.25, 0.3) is 0 Å². The molecule has 2 fully saturated rings. The number of hydrogen-bond donors (Lipinski definition) is 1. The normalized spacial score (nSPS) is 22.2. The Kier molecular flexibility index (Phi) is 7.90. The summed E-state index contributed by atoms with van der Waals surface area (Å²) in [7, 11) is 0. The Balaban J connectivity index is 1.36. The molecule has 7 nitrogen and oxygen atoms in total. The van der Waals surface area contributed by atoms with Crippen molar-refractivity contribution in [3.8, 4) is 0 Å². The van der Waals surface area contributed by atoms with E-state index in [2.05, 4.69) is 0 Å². The van der Waals surface area contributed by atoms with Crippen LogP contribution in [-0.2, 0) is 27.3 Å². The Morgan fingerprint density at radius 3 is 2.36 bits per heavy atom. The number of nitrogens with zero attached hydrogens (tertiary/aromatic N) is 2. The van der Waals surface area contributed by atoms with Crippen LogP contribution in [0, 0.1) is 0 Å². The second kappa shape index (κ2) is 11.0. The zero-order valence-corrected chi connectivity index (χ0v) is 19.4. The van der Waals surface area contributed by atoms with Gasteiger partial charge in [0.2, 0.25) is 5.91 Å². The van der Waals surface area contributed by atoms with E-state index in [1.54, 1.807) is 17.0 Å². The molecule has 8 heteroatoms. The van der Waals surface area contributed by atoms with Crippen LogP contribution in [0.15, 0.2) is 65.6 Å². The number of aliphatic hydroxyl groups is 1. The maximum Gasteiger partial charge on any atom is 0.410 e. The van der Waals surface area contributed by atoms with E-state index in [1.807, 2.05) is 48.5 Å². The van der Waals surface area contributed by atoms with E-state index in [-0.39, 0.29) is 18.3 Å². The second-order valence-electron chi connectivity index (χ2n) is 8.53. The maximum absolute atomic E-state index is 13.4. The van der Waals surface area contributed by atoms with Crippen molar-refractivity contribution in [3.63, 3.8) is 0 Å². The second-order valence-corrected chi connectivity index (χ2v) is 10.0. The van der Waals surface area contributed by atoms with Gasteiger partial charge in [-0.15, -0.1) is 0 Å². The highest BCUT2D eigenvalue weighted by Gasteiger charge is 2.43. The van der Waals surface area contributed by atoms with E-state index in [9.17, 15) is 19.2 Å². The molecule has 1 N–H and O–H groups in total. The molecule has 2 amide bonds. The van der Waals surface area contributed by atoms with Crippen molar-refractivity contribution in [2.75, 3.05) is 18.8 Å². The Bertz CT molecular complexity index is 929. The molecule has 2 saturated heterocycles. The average Bonchev–Trinajstić information content (AvgIpc) is 3.53. The molecule has 2 aromatic rings. The minimum atomic E-state index is -1.35. The van der Waals surface area contributed by atoms with Gasteiger partial charge in [-0.05, 0) is 54.6 Å². The summed E-state index contributed by atoms with van der Waals surface area (Å²) in [5, 5.41) is 10.8. The van der Waals surface area contributed by atoms with Crippen LogP contribution in [-0.4, -0.2) is 68.5 Å². The van der Waals surface area contributed by atoms with Crippen LogP contribution >= 0.6 is 0 Å². The Morgan fingerprint density at radius 1 is 1.00 bits per heavy atom. The van der Waals surface area contributed by atoms with Crippen LogP contribution in [0.4, 0.5) is 4.79 Å². The largest absolute Gasteiger partial charge is 0.611 e. The first-order valence-corrected chi connectivity index (χ1v) is 12.8. The fourth-order valence-electron chi connectivity index (χ4n) is 4.64. The van der Waals surface area contributed by atoms with E-state index in [1.165, 1.54) is 4.90 Å². The summed E-state index contributed by atoms with van der Waals surface area (Å²) < 4.78 is 18.1. The van der Waals surface area contributed by atoms with Crippen LogP contribution in [0.3, 0.4) is 0 Å². The number of ether oxygens (including phenoxy) is 1. The standard InChI is InChI=1S/C25H30N2O5S/c28-23(18-33(31)20-11-5-2-6-12-20)21-13-7-15-26(21)24(29)22-14-8-16-27(22)25(30)32-17-19-9-3-1-4-10-19/h1-6,9-12,21-23,28H,7-8,13-18H2/t21-,22-,23?,33-/m0/s1. The topological polar surface area (TPSA) is 93.1 Å². The van der Waals surface area contributed by atoms with Crippen molar-refractivity contribution < 1.29 is 24.0 Å². The van der Waals surface area contributed by atoms with Crippen molar-refractivity contribution in [2.45, 2.75) is 55.4 Å². The predicted octanol–water partition coefficient (Wildman–Crippen LogP) is 2.95. The smallest absolute Gasteiger partial charge is 0.410 e. The predicted molar refractivity (Wildman–Crippen MR) is 125 cm³/mol. The number of likely N-dealkylation sites (tertiary alicyclic amines) is 2. The fourth-order valence-corrected chi connectivity index (χ4v) is 5.82. The third-order valence-electron chi connectivity index (χ3n) is 6.33. The van der Waals surface area contributed by atoms with Gasteiger partial charge in [-0.25, -0.2) is 4.79 Å². The van der Waals surface area contributed by atoms with Crippen LogP contribution in [0.2, 0.25) is 0 Å². The molecule has 2 aliphatic heterocycles. The quantitative estimate of drug-likeness (QED) is 0.628. The van der Waals surface area contributed by atoms with Crippen LogP contribution in [0.1, 0.15) is 31.2 Å². The van der Waals surface area contributed by atoms with E-state index in [0.29, 0.717) is 30.8 Å². The molecule has 2 heterocycles. The lowest BCUT2D eigenvalue weighted by Gasteiger charge is -2.33. The summed E-state index contributed by atoms with van der Waals surface area (Å²) in [6.45, 7) is 1.17. The molecule has 0 bridgehead atoms. The highest BCUT2D eigenvalue weighted by Crippen LogP contribution is 2.28. The third-order valence-corrected chi connectivity index (χ3v) is 7.77. The number of benzene rings is 2. The Hall–Kier alpha value is -2.55. The lowest BCUT2D eigenvalue weighted by molar-refractivity contribution is -0.138. The number of aliphatic hydroxyl groups excluding tert-OH is 1. The summed E-state index contributed by atoms with van der Waals surface area (Å²) in [6, 6.07) is 17.5. The molecule has 33 heavy (non-hydrogen) atoms. The lowest BCUT2D eigenvalue weighted by atomic mass is 10.1. The van der Waals surface area contributed by atoms with Gasteiger partial charge in [-0.3, -0.25) is 9.69 Å². The minimum Gasteiger partial charge on any atom is -0.611 e. The molecule has 4 atom stereocenters. The first-order valence-electron chi connectivity index (χ1n) is 11.4. The summed E-state index contributed by atoms with van der Waals surface area (Å²) in [6.07, 6.45) is 1.36. The SMILES string of the molecule is O=C(OCc1ccccc1)N1CCC[C@H]1C(=O)N1CCC[C@H]1C(O)C[S@+]([O-])c1ccccc1. The third kappa shape index (κ3) is 5.69. The molecule has 2 aromatic carbocycles. The van der Waals surface area contributed by atoms with Gasteiger partial charge in [-0.1, -0.05) is 48.5 Å². The number of hydrogen-bond acceptors (Lipinski definition) is 5. The van der Waals surface area contributed by atoms with Gasteiger partial charge in [0.15, 0.2) is 4.90 Å². The molecule has 0 saturated carbocycles. The van der Waals surface area contributed by atoms with Gasteiger partial charge in [0.25, 0.3) is 0 Å². The first kappa shape index (κ1) is 23.6. The van der Waals surface area contributed by atoms with Crippen molar-refractivity contribution in [3.05, 3.63) is 66.2 Å². The highest BCUT2D eigenvalue weighted by molar-refractivity contribution is 7.91. The molecule has 1 unspecified atom stereocenters. The molecular weight excluding hydrogens is 440 g/mol. The molecule has 176 valence electrons.